The first-order chi connectivity index (χ1) is 9.16. The summed E-state index contributed by atoms with van der Waals surface area (Å²) in [7, 11) is 0. The first kappa shape index (κ1) is 13.3. The molecule has 2 rings (SSSR count). The van der Waals surface area contributed by atoms with Crippen molar-refractivity contribution in [2.24, 2.45) is 0 Å². The maximum atomic E-state index is 5.74. The van der Waals surface area contributed by atoms with Crippen molar-refractivity contribution in [3.63, 3.8) is 0 Å². The van der Waals surface area contributed by atoms with Gasteiger partial charge in [-0.3, -0.25) is 4.98 Å². The molecule has 1 unspecified atom stereocenters. The molecule has 1 atom stereocenters. The molecule has 0 radical (unpaired) electrons. The third-order valence-corrected chi connectivity index (χ3v) is 2.62. The lowest BCUT2D eigenvalue weighted by molar-refractivity contribution is 0.242. The number of anilines is 1. The Kier molecular flexibility index (Phi) is 4.34. The monoisotopic (exact) mass is 257 g/mol. The Bertz CT molecular complexity index is 514. The van der Waals surface area contributed by atoms with Crippen LogP contribution in [0.2, 0.25) is 0 Å². The van der Waals surface area contributed by atoms with Crippen molar-refractivity contribution in [1.29, 1.82) is 0 Å². The summed E-state index contributed by atoms with van der Waals surface area (Å²) in [6.45, 7) is 6.05. The molecule has 4 nitrogen and oxygen atoms in total. The van der Waals surface area contributed by atoms with Crippen molar-refractivity contribution in [3.05, 3.63) is 48.4 Å². The zero-order valence-corrected chi connectivity index (χ0v) is 11.5. The van der Waals surface area contributed by atoms with E-state index in [1.54, 1.807) is 12.4 Å². The standard InChI is InChI=1S/C15H19N3O/c1-11(2)19-14-8-6-10-17-15(14)18-12(3)13-7-4-5-9-16-13/h4-12H,1-3H3,(H,17,18). The third kappa shape index (κ3) is 3.68. The molecule has 0 fully saturated rings. The zero-order chi connectivity index (χ0) is 13.7. The van der Waals surface area contributed by atoms with Gasteiger partial charge < -0.3 is 10.1 Å². The molecule has 0 aromatic carbocycles. The SMILES string of the molecule is CC(C)Oc1cccnc1NC(C)c1ccccn1. The molecule has 0 spiro atoms. The van der Waals surface area contributed by atoms with E-state index in [0.29, 0.717) is 0 Å². The molecule has 1 N–H and O–H groups in total. The number of hydrogen-bond acceptors (Lipinski definition) is 4. The molecular formula is C15H19N3O. The van der Waals surface area contributed by atoms with E-state index in [1.807, 2.05) is 44.2 Å². The van der Waals surface area contributed by atoms with Crippen LogP contribution in [0.5, 0.6) is 5.75 Å². The normalized spacial score (nSPS) is 12.2. The molecule has 0 saturated carbocycles. The summed E-state index contributed by atoms with van der Waals surface area (Å²) < 4.78 is 5.74. The molecule has 0 aliphatic carbocycles. The van der Waals surface area contributed by atoms with Gasteiger partial charge in [0.25, 0.3) is 0 Å². The fourth-order valence-electron chi connectivity index (χ4n) is 1.76. The van der Waals surface area contributed by atoms with E-state index in [4.69, 9.17) is 4.74 Å². The Hall–Kier alpha value is -2.10. The highest BCUT2D eigenvalue weighted by Gasteiger charge is 2.11. The summed E-state index contributed by atoms with van der Waals surface area (Å²) >= 11 is 0. The quantitative estimate of drug-likeness (QED) is 0.891. The minimum absolute atomic E-state index is 0.0746. The fourth-order valence-corrected chi connectivity index (χ4v) is 1.76. The number of nitrogens with one attached hydrogen (secondary N) is 1. The van der Waals surface area contributed by atoms with Crippen LogP contribution in [0.4, 0.5) is 5.82 Å². The lowest BCUT2D eigenvalue weighted by Crippen LogP contribution is -2.13. The number of hydrogen-bond donors (Lipinski definition) is 1. The van der Waals surface area contributed by atoms with E-state index in [1.165, 1.54) is 0 Å². The van der Waals surface area contributed by atoms with Crippen LogP contribution >= 0.6 is 0 Å². The maximum absolute atomic E-state index is 5.74. The Morgan fingerprint density at radius 1 is 1.00 bits per heavy atom. The Morgan fingerprint density at radius 3 is 2.47 bits per heavy atom. The number of nitrogens with zero attached hydrogens (tertiary/aromatic N) is 2. The fraction of sp³-hybridized carbons (Fsp3) is 0.333. The average Bonchev–Trinajstić information content (AvgIpc) is 2.41. The van der Waals surface area contributed by atoms with Crippen molar-refractivity contribution < 1.29 is 4.74 Å². The highest BCUT2D eigenvalue weighted by Crippen LogP contribution is 2.25. The first-order valence-corrected chi connectivity index (χ1v) is 6.46. The van der Waals surface area contributed by atoms with Crippen LogP contribution < -0.4 is 10.1 Å². The van der Waals surface area contributed by atoms with E-state index < -0.39 is 0 Å². The number of aromatic nitrogens is 2. The molecule has 0 saturated heterocycles. The van der Waals surface area contributed by atoms with Gasteiger partial charge in [0.2, 0.25) is 0 Å². The van der Waals surface area contributed by atoms with Crippen LogP contribution in [0, 0.1) is 0 Å². The summed E-state index contributed by atoms with van der Waals surface area (Å²) in [6, 6.07) is 9.73. The lowest BCUT2D eigenvalue weighted by atomic mass is 10.2. The molecule has 100 valence electrons. The molecule has 2 heterocycles. The third-order valence-electron chi connectivity index (χ3n) is 2.62. The maximum Gasteiger partial charge on any atom is 0.169 e. The predicted molar refractivity (Wildman–Crippen MR) is 76.3 cm³/mol. The van der Waals surface area contributed by atoms with Crippen molar-refractivity contribution in [3.8, 4) is 5.75 Å². The highest BCUT2D eigenvalue weighted by atomic mass is 16.5. The van der Waals surface area contributed by atoms with Crippen molar-refractivity contribution in [2.45, 2.75) is 32.9 Å². The minimum atomic E-state index is 0.0746. The van der Waals surface area contributed by atoms with Gasteiger partial charge in [-0.25, -0.2) is 4.98 Å². The largest absolute Gasteiger partial charge is 0.487 e. The number of rotatable bonds is 5. The summed E-state index contributed by atoms with van der Waals surface area (Å²) in [5, 5.41) is 3.33. The number of ether oxygens (including phenoxy) is 1. The summed E-state index contributed by atoms with van der Waals surface area (Å²) in [5.41, 5.74) is 0.976. The van der Waals surface area contributed by atoms with Gasteiger partial charge in [0, 0.05) is 12.4 Å². The first-order valence-electron chi connectivity index (χ1n) is 6.46. The molecule has 0 aliphatic rings. The molecule has 0 bridgehead atoms. The van der Waals surface area contributed by atoms with Crippen molar-refractivity contribution in [1.82, 2.24) is 9.97 Å². The molecule has 2 aromatic rings. The van der Waals surface area contributed by atoms with Crippen LogP contribution in [0.15, 0.2) is 42.7 Å². The summed E-state index contributed by atoms with van der Waals surface area (Å²) in [6.07, 6.45) is 3.66. The van der Waals surface area contributed by atoms with Gasteiger partial charge in [-0.2, -0.15) is 0 Å². The number of pyridine rings is 2. The summed E-state index contributed by atoms with van der Waals surface area (Å²) in [4.78, 5) is 8.67. The smallest absolute Gasteiger partial charge is 0.169 e. The molecule has 0 aliphatic heterocycles. The van der Waals surface area contributed by atoms with E-state index >= 15 is 0 Å². The topological polar surface area (TPSA) is 47.0 Å². The molecule has 19 heavy (non-hydrogen) atoms. The second-order valence-electron chi connectivity index (χ2n) is 4.64. The highest BCUT2D eigenvalue weighted by molar-refractivity contribution is 5.50. The van der Waals surface area contributed by atoms with E-state index in [9.17, 15) is 0 Å². The predicted octanol–water partition coefficient (Wildman–Crippen LogP) is 3.44. The molecule has 2 aromatic heterocycles. The second-order valence-corrected chi connectivity index (χ2v) is 4.64. The van der Waals surface area contributed by atoms with Gasteiger partial charge >= 0.3 is 0 Å². The molecule has 4 heteroatoms. The van der Waals surface area contributed by atoms with E-state index in [-0.39, 0.29) is 12.1 Å². The van der Waals surface area contributed by atoms with Crippen LogP contribution in [0.3, 0.4) is 0 Å². The zero-order valence-electron chi connectivity index (χ0n) is 11.5. The van der Waals surface area contributed by atoms with Crippen molar-refractivity contribution in [2.75, 3.05) is 5.32 Å². The second kappa shape index (κ2) is 6.18. The van der Waals surface area contributed by atoms with Crippen LogP contribution in [0.25, 0.3) is 0 Å². The Morgan fingerprint density at radius 2 is 1.79 bits per heavy atom. The van der Waals surface area contributed by atoms with Gasteiger partial charge in [-0.15, -0.1) is 0 Å². The van der Waals surface area contributed by atoms with Crippen LogP contribution in [-0.2, 0) is 0 Å². The van der Waals surface area contributed by atoms with Crippen LogP contribution in [0.1, 0.15) is 32.5 Å². The summed E-state index contributed by atoms with van der Waals surface area (Å²) in [5.74, 6) is 1.51. The van der Waals surface area contributed by atoms with E-state index in [2.05, 4.69) is 22.2 Å². The Balaban J connectivity index is 2.15. The van der Waals surface area contributed by atoms with Crippen molar-refractivity contribution >= 4 is 5.82 Å². The van der Waals surface area contributed by atoms with Gasteiger partial charge in [0.15, 0.2) is 11.6 Å². The molecular weight excluding hydrogens is 238 g/mol. The minimum Gasteiger partial charge on any atom is -0.487 e. The van der Waals surface area contributed by atoms with Crippen LogP contribution in [-0.4, -0.2) is 16.1 Å². The Labute approximate surface area is 113 Å². The lowest BCUT2D eigenvalue weighted by Gasteiger charge is -2.18. The average molecular weight is 257 g/mol. The molecule has 0 amide bonds. The van der Waals surface area contributed by atoms with E-state index in [0.717, 1.165) is 17.3 Å². The van der Waals surface area contributed by atoms with Gasteiger partial charge in [0.05, 0.1) is 17.8 Å². The van der Waals surface area contributed by atoms with Gasteiger partial charge in [-0.05, 0) is 45.0 Å². The van der Waals surface area contributed by atoms with Gasteiger partial charge in [-0.1, -0.05) is 6.07 Å². The van der Waals surface area contributed by atoms with Gasteiger partial charge in [0.1, 0.15) is 0 Å².